The van der Waals surface area contributed by atoms with Crippen molar-refractivity contribution < 1.29 is 0 Å². The second kappa shape index (κ2) is 3.93. The van der Waals surface area contributed by atoms with Gasteiger partial charge in [0.25, 0.3) is 0 Å². The second-order valence-corrected chi connectivity index (χ2v) is 4.86. The van der Waals surface area contributed by atoms with Gasteiger partial charge >= 0.3 is 0 Å². The van der Waals surface area contributed by atoms with Crippen LogP contribution in [-0.2, 0) is 5.33 Å². The first-order valence-corrected chi connectivity index (χ1v) is 6.40. The molecule has 0 atom stereocenters. The molecule has 0 aliphatic rings. The van der Waals surface area contributed by atoms with Crippen LogP contribution in [0.4, 0.5) is 0 Å². The number of thiophene rings is 1. The third-order valence-electron chi connectivity index (χ3n) is 2.00. The molecule has 0 aliphatic carbocycles. The summed E-state index contributed by atoms with van der Waals surface area (Å²) in [5.41, 5.74) is 1.89. The summed E-state index contributed by atoms with van der Waals surface area (Å²) >= 11 is 9.34. The van der Waals surface area contributed by atoms with Crippen LogP contribution in [0.1, 0.15) is 11.1 Å². The summed E-state index contributed by atoms with van der Waals surface area (Å²) in [4.78, 5) is 0.844. The molecular weight excluding hydrogens is 278 g/mol. The lowest BCUT2D eigenvalue weighted by Gasteiger charge is -1.98. The highest BCUT2D eigenvalue weighted by Gasteiger charge is 2.08. The fourth-order valence-electron chi connectivity index (χ4n) is 1.41. The van der Waals surface area contributed by atoms with Gasteiger partial charge in [0, 0.05) is 20.3 Å². The zero-order chi connectivity index (χ0) is 10.1. The van der Waals surface area contributed by atoms with Gasteiger partial charge in [0.15, 0.2) is 0 Å². The number of thiol groups is 1. The Bertz CT molecular complexity index is 525. The highest BCUT2D eigenvalue weighted by atomic mass is 79.9. The number of hydrogen-bond acceptors (Lipinski definition) is 3. The van der Waals surface area contributed by atoms with E-state index in [1.165, 1.54) is 5.56 Å². The predicted octanol–water partition coefficient (Wildman–Crippen LogP) is 3.96. The van der Waals surface area contributed by atoms with Gasteiger partial charge in [-0.15, -0.1) is 24.0 Å². The normalized spacial score (nSPS) is 10.4. The largest absolute Gasteiger partial charge is 0.192 e. The van der Waals surface area contributed by atoms with E-state index >= 15 is 0 Å². The van der Waals surface area contributed by atoms with Gasteiger partial charge in [-0.1, -0.05) is 15.9 Å². The summed E-state index contributed by atoms with van der Waals surface area (Å²) in [6.07, 6.45) is 0. The molecule has 4 heteroatoms. The van der Waals surface area contributed by atoms with Crippen LogP contribution in [0.2, 0.25) is 0 Å². The molecule has 0 saturated carbocycles. The van der Waals surface area contributed by atoms with E-state index in [1.54, 1.807) is 11.3 Å². The molecule has 0 bridgehead atoms. The lowest BCUT2D eigenvalue weighted by Crippen LogP contribution is -1.80. The Morgan fingerprint density at radius 1 is 1.50 bits per heavy atom. The molecule has 1 heterocycles. The Balaban J connectivity index is 2.87. The Kier molecular flexibility index (Phi) is 2.82. The predicted molar refractivity (Wildman–Crippen MR) is 66.4 cm³/mol. The van der Waals surface area contributed by atoms with Gasteiger partial charge in [-0.2, -0.15) is 5.26 Å². The van der Waals surface area contributed by atoms with Gasteiger partial charge in [-0.3, -0.25) is 0 Å². The van der Waals surface area contributed by atoms with Crippen LogP contribution in [-0.4, -0.2) is 0 Å². The van der Waals surface area contributed by atoms with Crippen LogP contribution in [0.3, 0.4) is 0 Å². The standard InChI is InChI=1S/C10H6BrNS2/c11-3-7-5-14-9-2-8(13)1-6(4-12)10(7)9/h1-2,5,13H,3H2. The quantitative estimate of drug-likeness (QED) is 0.622. The van der Waals surface area contributed by atoms with Crippen LogP contribution < -0.4 is 0 Å². The van der Waals surface area contributed by atoms with Gasteiger partial charge < -0.3 is 0 Å². The van der Waals surface area contributed by atoms with Crippen molar-refractivity contribution in [3.05, 3.63) is 28.6 Å². The van der Waals surface area contributed by atoms with Crippen LogP contribution in [0, 0.1) is 11.3 Å². The summed E-state index contributed by atoms with van der Waals surface area (Å²) in [6, 6.07) is 6.01. The van der Waals surface area contributed by atoms with Gasteiger partial charge in [0.2, 0.25) is 0 Å². The molecule has 2 rings (SSSR count). The lowest BCUT2D eigenvalue weighted by atomic mass is 10.1. The van der Waals surface area contributed by atoms with Crippen molar-refractivity contribution in [1.29, 1.82) is 5.26 Å². The molecule has 0 unspecified atom stereocenters. The van der Waals surface area contributed by atoms with Gasteiger partial charge in [-0.25, -0.2) is 0 Å². The van der Waals surface area contributed by atoms with Gasteiger partial charge in [0.1, 0.15) is 0 Å². The molecule has 0 fully saturated rings. The van der Waals surface area contributed by atoms with E-state index in [9.17, 15) is 0 Å². The summed E-state index contributed by atoms with van der Waals surface area (Å²) in [5.74, 6) is 0. The van der Waals surface area contributed by atoms with Crippen molar-refractivity contribution in [2.45, 2.75) is 10.2 Å². The Morgan fingerprint density at radius 2 is 2.29 bits per heavy atom. The Morgan fingerprint density at radius 3 is 2.93 bits per heavy atom. The second-order valence-electron chi connectivity index (χ2n) is 2.87. The SMILES string of the molecule is N#Cc1cc(S)cc2scc(CBr)c12. The smallest absolute Gasteiger partial charge is 0.0999 e. The monoisotopic (exact) mass is 283 g/mol. The maximum absolute atomic E-state index is 9.00. The number of fused-ring (bicyclic) bond motifs is 1. The topological polar surface area (TPSA) is 23.8 Å². The molecule has 0 radical (unpaired) electrons. The number of hydrogen-bond donors (Lipinski definition) is 1. The van der Waals surface area contributed by atoms with Gasteiger partial charge in [-0.05, 0) is 23.1 Å². The molecule has 0 aliphatic heterocycles. The summed E-state index contributed by atoms with van der Waals surface area (Å²) in [6.45, 7) is 0. The lowest BCUT2D eigenvalue weighted by molar-refractivity contribution is 1.44. The molecule has 0 N–H and O–H groups in total. The van der Waals surface area contributed by atoms with E-state index in [1.807, 2.05) is 12.1 Å². The molecule has 1 aromatic carbocycles. The summed E-state index contributed by atoms with van der Waals surface area (Å²) in [7, 11) is 0. The molecular formula is C10H6BrNS2. The Labute approximate surface area is 99.9 Å². The average Bonchev–Trinajstić information content (AvgIpc) is 2.59. The number of rotatable bonds is 1. The zero-order valence-corrected chi connectivity index (χ0v) is 10.4. The molecule has 0 spiro atoms. The van der Waals surface area contributed by atoms with Crippen molar-refractivity contribution in [2.24, 2.45) is 0 Å². The van der Waals surface area contributed by atoms with Gasteiger partial charge in [0.05, 0.1) is 11.6 Å². The maximum Gasteiger partial charge on any atom is 0.0999 e. The molecule has 2 aromatic rings. The minimum Gasteiger partial charge on any atom is -0.192 e. The van der Waals surface area contributed by atoms with E-state index in [0.717, 1.165) is 20.3 Å². The maximum atomic E-state index is 9.00. The zero-order valence-electron chi connectivity index (χ0n) is 7.12. The third-order valence-corrected chi connectivity index (χ3v) is 3.84. The molecule has 1 aromatic heterocycles. The minimum absolute atomic E-state index is 0.711. The molecule has 0 amide bonds. The average molecular weight is 284 g/mol. The number of alkyl halides is 1. The van der Waals surface area contributed by atoms with Crippen molar-refractivity contribution in [3.8, 4) is 6.07 Å². The number of benzene rings is 1. The van der Waals surface area contributed by atoms with E-state index < -0.39 is 0 Å². The van der Waals surface area contributed by atoms with E-state index in [4.69, 9.17) is 5.26 Å². The first-order valence-electron chi connectivity index (χ1n) is 3.95. The molecule has 14 heavy (non-hydrogen) atoms. The number of halogens is 1. The van der Waals surface area contributed by atoms with Crippen LogP contribution in [0.15, 0.2) is 22.4 Å². The fourth-order valence-corrected chi connectivity index (χ4v) is 3.43. The minimum atomic E-state index is 0.711. The number of nitriles is 1. The third kappa shape index (κ3) is 1.56. The molecule has 70 valence electrons. The highest BCUT2D eigenvalue weighted by molar-refractivity contribution is 9.08. The van der Waals surface area contributed by atoms with Crippen molar-refractivity contribution in [3.63, 3.8) is 0 Å². The fraction of sp³-hybridized carbons (Fsp3) is 0.100. The molecule has 0 saturated heterocycles. The number of nitrogens with zero attached hydrogens (tertiary/aromatic N) is 1. The van der Waals surface area contributed by atoms with Crippen molar-refractivity contribution in [1.82, 2.24) is 0 Å². The Hall–Kier alpha value is -0.500. The van der Waals surface area contributed by atoms with E-state index in [0.29, 0.717) is 5.56 Å². The highest BCUT2D eigenvalue weighted by Crippen LogP contribution is 2.32. The van der Waals surface area contributed by atoms with Crippen molar-refractivity contribution in [2.75, 3.05) is 0 Å². The first-order chi connectivity index (χ1) is 6.76. The van der Waals surface area contributed by atoms with E-state index in [-0.39, 0.29) is 0 Å². The first kappa shape index (κ1) is 10.0. The van der Waals surface area contributed by atoms with Crippen LogP contribution in [0.25, 0.3) is 10.1 Å². The summed E-state index contributed by atoms with van der Waals surface area (Å²) < 4.78 is 1.13. The van der Waals surface area contributed by atoms with Crippen molar-refractivity contribution >= 4 is 50.0 Å². The van der Waals surface area contributed by atoms with Crippen LogP contribution in [0.5, 0.6) is 0 Å². The van der Waals surface area contributed by atoms with Crippen LogP contribution >= 0.6 is 39.9 Å². The summed E-state index contributed by atoms with van der Waals surface area (Å²) in [5, 5.41) is 12.9. The molecule has 1 nitrogen and oxygen atoms in total. The van der Waals surface area contributed by atoms with E-state index in [2.05, 4.69) is 40.0 Å².